The van der Waals surface area contributed by atoms with Crippen LogP contribution in [0.15, 0.2) is 42.7 Å². The smallest absolute Gasteiger partial charge is 0.228 e. The Balaban J connectivity index is 1.74. The largest absolute Gasteiger partial charge is 0.308 e. The lowest BCUT2D eigenvalue weighted by Gasteiger charge is -2.12. The Morgan fingerprint density at radius 1 is 1.35 bits per heavy atom. The van der Waals surface area contributed by atoms with E-state index in [0.717, 1.165) is 5.69 Å². The van der Waals surface area contributed by atoms with Crippen LogP contribution in [-0.4, -0.2) is 22.2 Å². The van der Waals surface area contributed by atoms with E-state index in [-0.39, 0.29) is 11.8 Å². The van der Waals surface area contributed by atoms with Crippen LogP contribution in [-0.2, 0) is 11.3 Å². The van der Waals surface area contributed by atoms with Crippen LogP contribution in [0.2, 0.25) is 0 Å². The Morgan fingerprint density at radius 2 is 2.15 bits per heavy atom. The fourth-order valence-electron chi connectivity index (χ4n) is 2.42. The molecule has 0 spiro atoms. The van der Waals surface area contributed by atoms with Gasteiger partial charge in [-0.15, -0.1) is 12.3 Å². The number of amides is 1. The minimum absolute atomic E-state index is 0.0139. The molecule has 4 nitrogen and oxygen atoms in total. The van der Waals surface area contributed by atoms with Crippen molar-refractivity contribution >= 4 is 11.6 Å². The third kappa shape index (κ3) is 2.43. The number of hydrogen-bond acceptors (Lipinski definition) is 2. The molecule has 2 heterocycles. The molecule has 1 fully saturated rings. The van der Waals surface area contributed by atoms with Crippen molar-refractivity contribution in [3.63, 3.8) is 0 Å². The van der Waals surface area contributed by atoms with Crippen LogP contribution in [0.3, 0.4) is 0 Å². The number of carbonyl (C=O) groups excluding carboxylic acids is 1. The molecule has 1 unspecified atom stereocenters. The summed E-state index contributed by atoms with van der Waals surface area (Å²) in [6, 6.07) is 10.1. The van der Waals surface area contributed by atoms with E-state index in [1.807, 2.05) is 29.1 Å². The number of aromatic nitrogens is 2. The number of rotatable bonds is 3. The van der Waals surface area contributed by atoms with Crippen molar-refractivity contribution in [2.75, 3.05) is 11.4 Å². The topological polar surface area (TPSA) is 38.1 Å². The molecule has 20 heavy (non-hydrogen) atoms. The van der Waals surface area contributed by atoms with Crippen LogP contribution in [0.5, 0.6) is 0 Å². The first-order valence-corrected chi connectivity index (χ1v) is 6.59. The monoisotopic (exact) mass is 265 g/mol. The molecule has 3 rings (SSSR count). The molecule has 1 atom stereocenters. The van der Waals surface area contributed by atoms with Crippen molar-refractivity contribution in [3.8, 4) is 12.3 Å². The van der Waals surface area contributed by atoms with Gasteiger partial charge in [0.15, 0.2) is 0 Å². The summed E-state index contributed by atoms with van der Waals surface area (Å²) < 4.78 is 1.83. The maximum absolute atomic E-state index is 11.9. The summed E-state index contributed by atoms with van der Waals surface area (Å²) in [5.74, 6) is 2.74. The van der Waals surface area contributed by atoms with Crippen molar-refractivity contribution in [3.05, 3.63) is 48.3 Å². The van der Waals surface area contributed by atoms with Gasteiger partial charge in [0, 0.05) is 25.1 Å². The molecule has 0 saturated carbocycles. The Bertz CT molecular complexity index is 654. The fourth-order valence-corrected chi connectivity index (χ4v) is 2.42. The third-order valence-electron chi connectivity index (χ3n) is 3.48. The minimum atomic E-state index is 0.0139. The van der Waals surface area contributed by atoms with Gasteiger partial charge in [-0.1, -0.05) is 30.3 Å². The minimum Gasteiger partial charge on any atom is -0.308 e. The number of carbonyl (C=O) groups is 1. The Morgan fingerprint density at radius 3 is 2.85 bits per heavy atom. The first-order chi connectivity index (χ1) is 9.76. The summed E-state index contributed by atoms with van der Waals surface area (Å²) in [6.07, 6.45) is 9.44. The highest BCUT2D eigenvalue weighted by atomic mass is 16.2. The van der Waals surface area contributed by atoms with Gasteiger partial charge in [0.2, 0.25) is 5.91 Å². The normalized spacial score (nSPS) is 18.2. The Kier molecular flexibility index (Phi) is 3.26. The summed E-state index contributed by atoms with van der Waals surface area (Å²) in [7, 11) is 0. The second-order valence-corrected chi connectivity index (χ2v) is 4.95. The molecule has 0 N–H and O–H groups in total. The van der Waals surface area contributed by atoms with Gasteiger partial charge in [-0.25, -0.2) is 0 Å². The zero-order chi connectivity index (χ0) is 13.9. The zero-order valence-electron chi connectivity index (χ0n) is 11.1. The van der Waals surface area contributed by atoms with Gasteiger partial charge in [0.1, 0.15) is 0 Å². The van der Waals surface area contributed by atoms with Gasteiger partial charge < -0.3 is 4.90 Å². The number of terminal acetylenes is 1. The summed E-state index contributed by atoms with van der Waals surface area (Å²) >= 11 is 0. The van der Waals surface area contributed by atoms with E-state index in [1.165, 1.54) is 5.56 Å². The van der Waals surface area contributed by atoms with Crippen molar-refractivity contribution < 1.29 is 4.79 Å². The highest BCUT2D eigenvalue weighted by Gasteiger charge is 2.29. The van der Waals surface area contributed by atoms with Gasteiger partial charge in [-0.05, 0) is 5.56 Å². The van der Waals surface area contributed by atoms with E-state index >= 15 is 0 Å². The molecule has 1 aliphatic heterocycles. The fraction of sp³-hybridized carbons (Fsp3) is 0.250. The van der Waals surface area contributed by atoms with E-state index < -0.39 is 0 Å². The van der Waals surface area contributed by atoms with Gasteiger partial charge in [0.05, 0.1) is 18.4 Å². The van der Waals surface area contributed by atoms with E-state index in [2.05, 4.69) is 23.2 Å². The van der Waals surface area contributed by atoms with Crippen LogP contribution in [0.4, 0.5) is 5.69 Å². The van der Waals surface area contributed by atoms with Crippen molar-refractivity contribution in [1.82, 2.24) is 9.78 Å². The van der Waals surface area contributed by atoms with Crippen LogP contribution < -0.4 is 4.90 Å². The molecule has 1 aromatic carbocycles. The van der Waals surface area contributed by atoms with Crippen LogP contribution in [0.25, 0.3) is 0 Å². The average Bonchev–Trinajstić information content (AvgIpc) is 3.06. The number of hydrogen-bond donors (Lipinski definition) is 0. The van der Waals surface area contributed by atoms with E-state index in [1.54, 1.807) is 11.1 Å². The zero-order valence-corrected chi connectivity index (χ0v) is 11.1. The van der Waals surface area contributed by atoms with Crippen molar-refractivity contribution in [1.29, 1.82) is 0 Å². The third-order valence-corrected chi connectivity index (χ3v) is 3.48. The van der Waals surface area contributed by atoms with Gasteiger partial charge >= 0.3 is 0 Å². The summed E-state index contributed by atoms with van der Waals surface area (Å²) in [5, 5.41) is 4.31. The summed E-state index contributed by atoms with van der Waals surface area (Å²) in [4.78, 5) is 13.6. The SMILES string of the molecule is C#CC1CC(=O)N(c2cnn(Cc3ccccc3)c2)C1. The van der Waals surface area contributed by atoms with Crippen LogP contribution in [0, 0.1) is 18.3 Å². The number of benzene rings is 1. The predicted octanol–water partition coefficient (Wildman–Crippen LogP) is 1.92. The van der Waals surface area contributed by atoms with E-state index in [0.29, 0.717) is 19.5 Å². The molecule has 1 saturated heterocycles. The summed E-state index contributed by atoms with van der Waals surface area (Å²) in [6.45, 7) is 1.29. The molecule has 0 bridgehead atoms. The van der Waals surface area contributed by atoms with E-state index in [9.17, 15) is 4.79 Å². The second-order valence-electron chi connectivity index (χ2n) is 4.95. The first kappa shape index (κ1) is 12.5. The molecule has 0 radical (unpaired) electrons. The maximum Gasteiger partial charge on any atom is 0.228 e. The second kappa shape index (κ2) is 5.22. The van der Waals surface area contributed by atoms with Gasteiger partial charge in [0.25, 0.3) is 0 Å². The molecule has 1 aliphatic rings. The standard InChI is InChI=1S/C16H15N3O/c1-2-13-8-16(20)19(11-13)15-9-17-18(12-15)10-14-6-4-3-5-7-14/h1,3-7,9,12-13H,8,10-11H2. The van der Waals surface area contributed by atoms with Gasteiger partial charge in [-0.3, -0.25) is 9.48 Å². The molecule has 1 aromatic heterocycles. The van der Waals surface area contributed by atoms with Crippen LogP contribution in [0.1, 0.15) is 12.0 Å². The highest BCUT2D eigenvalue weighted by Crippen LogP contribution is 2.24. The Labute approximate surface area is 118 Å². The average molecular weight is 265 g/mol. The van der Waals surface area contributed by atoms with E-state index in [4.69, 9.17) is 6.42 Å². The lowest BCUT2D eigenvalue weighted by atomic mass is 10.1. The quantitative estimate of drug-likeness (QED) is 0.795. The predicted molar refractivity (Wildman–Crippen MR) is 77.1 cm³/mol. The molecule has 4 heteroatoms. The van der Waals surface area contributed by atoms with Gasteiger partial charge in [-0.2, -0.15) is 5.10 Å². The summed E-state index contributed by atoms with van der Waals surface area (Å²) in [5.41, 5.74) is 2.00. The van der Waals surface area contributed by atoms with Crippen molar-refractivity contribution in [2.45, 2.75) is 13.0 Å². The number of nitrogens with zero attached hydrogens (tertiary/aromatic N) is 3. The molecule has 100 valence electrons. The molecule has 1 amide bonds. The lowest BCUT2D eigenvalue weighted by Crippen LogP contribution is -2.23. The lowest BCUT2D eigenvalue weighted by molar-refractivity contribution is -0.117. The van der Waals surface area contributed by atoms with Crippen LogP contribution >= 0.6 is 0 Å². The molecule has 2 aromatic rings. The van der Waals surface area contributed by atoms with Crippen molar-refractivity contribution in [2.24, 2.45) is 5.92 Å². The molecule has 0 aliphatic carbocycles. The Hall–Kier alpha value is -2.54. The molecular formula is C16H15N3O. The maximum atomic E-state index is 11.9. The highest BCUT2D eigenvalue weighted by molar-refractivity contribution is 5.95. The first-order valence-electron chi connectivity index (χ1n) is 6.59. The molecular weight excluding hydrogens is 250 g/mol. The number of anilines is 1.